The molecule has 1 rings (SSSR count). The third kappa shape index (κ3) is 4.30. The Balaban J connectivity index is 2.55. The van der Waals surface area contributed by atoms with Crippen LogP contribution in [0.1, 0.15) is 26.7 Å². The lowest BCUT2D eigenvalue weighted by Gasteiger charge is -2.18. The van der Waals surface area contributed by atoms with Gasteiger partial charge < -0.3 is 10.1 Å². The molecule has 1 aromatic carbocycles. The van der Waals surface area contributed by atoms with Gasteiger partial charge in [0.15, 0.2) is 11.6 Å². The lowest BCUT2D eigenvalue weighted by atomic mass is 10.2. The summed E-state index contributed by atoms with van der Waals surface area (Å²) in [5.41, 5.74) is 0. The average molecular weight is 243 g/mol. The first-order chi connectivity index (χ1) is 8.19. The monoisotopic (exact) mass is 243 g/mol. The summed E-state index contributed by atoms with van der Waals surface area (Å²) < 4.78 is 31.5. The number of nitrogens with one attached hydrogen (secondary N) is 1. The first-order valence-electron chi connectivity index (χ1n) is 5.99. The van der Waals surface area contributed by atoms with E-state index in [1.807, 2.05) is 6.92 Å². The predicted octanol–water partition coefficient (Wildman–Crippen LogP) is 3.12. The van der Waals surface area contributed by atoms with Gasteiger partial charge in [-0.25, -0.2) is 4.39 Å². The van der Waals surface area contributed by atoms with Gasteiger partial charge in [-0.3, -0.25) is 0 Å². The molecular formula is C13H19F2NO. The smallest absolute Gasteiger partial charge is 0.200 e. The van der Waals surface area contributed by atoms with Crippen LogP contribution >= 0.6 is 0 Å². The van der Waals surface area contributed by atoms with Crippen molar-refractivity contribution in [2.45, 2.75) is 32.7 Å². The maximum absolute atomic E-state index is 13.3. The molecule has 0 aromatic heterocycles. The van der Waals surface area contributed by atoms with E-state index in [4.69, 9.17) is 4.74 Å². The van der Waals surface area contributed by atoms with Gasteiger partial charge in [0.1, 0.15) is 6.61 Å². The molecule has 0 saturated carbocycles. The highest BCUT2D eigenvalue weighted by atomic mass is 19.2. The first-order valence-corrected chi connectivity index (χ1v) is 5.99. The Labute approximate surface area is 101 Å². The molecule has 0 aliphatic carbocycles. The predicted molar refractivity (Wildman–Crippen MR) is 64.2 cm³/mol. The van der Waals surface area contributed by atoms with Gasteiger partial charge in [-0.2, -0.15) is 4.39 Å². The second-order valence-electron chi connectivity index (χ2n) is 3.91. The molecule has 0 aliphatic heterocycles. The zero-order valence-electron chi connectivity index (χ0n) is 10.3. The fraction of sp³-hybridized carbons (Fsp3) is 0.538. The van der Waals surface area contributed by atoms with Crippen molar-refractivity contribution in [3.63, 3.8) is 0 Å². The third-order valence-electron chi connectivity index (χ3n) is 2.49. The summed E-state index contributed by atoms with van der Waals surface area (Å²) in [6, 6.07) is 4.13. The van der Waals surface area contributed by atoms with Crippen molar-refractivity contribution in [1.29, 1.82) is 0 Å². The molecule has 1 atom stereocenters. The zero-order valence-corrected chi connectivity index (χ0v) is 10.3. The van der Waals surface area contributed by atoms with Crippen LogP contribution in [0.4, 0.5) is 8.78 Å². The summed E-state index contributed by atoms with van der Waals surface area (Å²) in [7, 11) is 0. The molecule has 2 nitrogen and oxygen atoms in total. The number of hydrogen-bond acceptors (Lipinski definition) is 2. The maximum atomic E-state index is 13.3. The van der Waals surface area contributed by atoms with Gasteiger partial charge in [0, 0.05) is 6.04 Å². The fourth-order valence-corrected chi connectivity index (χ4v) is 1.67. The lowest BCUT2D eigenvalue weighted by molar-refractivity contribution is 0.245. The van der Waals surface area contributed by atoms with Gasteiger partial charge in [-0.1, -0.05) is 26.3 Å². The molecule has 0 bridgehead atoms. The van der Waals surface area contributed by atoms with Crippen LogP contribution in [0.2, 0.25) is 0 Å². The molecule has 0 saturated heterocycles. The maximum Gasteiger partial charge on any atom is 0.200 e. The number of likely N-dealkylation sites (N-methyl/N-ethyl adjacent to an activating group) is 1. The molecule has 0 heterocycles. The van der Waals surface area contributed by atoms with Crippen molar-refractivity contribution in [2.24, 2.45) is 0 Å². The van der Waals surface area contributed by atoms with E-state index in [0.29, 0.717) is 6.61 Å². The summed E-state index contributed by atoms with van der Waals surface area (Å²) in [5.74, 6) is -1.82. The molecule has 1 N–H and O–H groups in total. The van der Waals surface area contributed by atoms with Gasteiger partial charge >= 0.3 is 0 Å². The van der Waals surface area contributed by atoms with E-state index in [1.54, 1.807) is 0 Å². The minimum absolute atomic E-state index is 0.0241. The van der Waals surface area contributed by atoms with Gasteiger partial charge in [0.05, 0.1) is 0 Å². The summed E-state index contributed by atoms with van der Waals surface area (Å²) >= 11 is 0. The van der Waals surface area contributed by atoms with E-state index in [0.717, 1.165) is 25.5 Å². The first kappa shape index (κ1) is 13.9. The highest BCUT2D eigenvalue weighted by Gasteiger charge is 2.11. The number of hydrogen-bond donors (Lipinski definition) is 1. The molecule has 0 aliphatic rings. The van der Waals surface area contributed by atoms with Gasteiger partial charge in [-0.05, 0) is 25.1 Å². The summed E-state index contributed by atoms with van der Waals surface area (Å²) in [4.78, 5) is 0. The number of halogens is 2. The largest absolute Gasteiger partial charge is 0.489 e. The quantitative estimate of drug-likeness (QED) is 0.794. The van der Waals surface area contributed by atoms with Crippen molar-refractivity contribution >= 4 is 0 Å². The molecule has 0 radical (unpaired) electrons. The van der Waals surface area contributed by atoms with Crippen molar-refractivity contribution in [3.8, 4) is 5.75 Å². The van der Waals surface area contributed by atoms with Gasteiger partial charge in [0.25, 0.3) is 0 Å². The molecule has 4 heteroatoms. The number of benzene rings is 1. The van der Waals surface area contributed by atoms with Crippen molar-refractivity contribution in [3.05, 3.63) is 29.8 Å². The van der Waals surface area contributed by atoms with Crippen LogP contribution in [0, 0.1) is 11.6 Å². The van der Waals surface area contributed by atoms with Gasteiger partial charge in [-0.15, -0.1) is 0 Å². The molecule has 0 amide bonds. The zero-order chi connectivity index (χ0) is 12.7. The van der Waals surface area contributed by atoms with E-state index in [-0.39, 0.29) is 11.8 Å². The second-order valence-corrected chi connectivity index (χ2v) is 3.91. The molecule has 1 unspecified atom stereocenters. The Morgan fingerprint density at radius 3 is 2.71 bits per heavy atom. The highest BCUT2D eigenvalue weighted by molar-refractivity contribution is 5.25. The van der Waals surface area contributed by atoms with Gasteiger partial charge in [0.2, 0.25) is 5.82 Å². The molecule has 1 aromatic rings. The Kier molecular flexibility index (Phi) is 5.91. The van der Waals surface area contributed by atoms with Crippen LogP contribution in [-0.2, 0) is 0 Å². The SMILES string of the molecule is CCCC(COc1cccc(F)c1F)NCC. The average Bonchev–Trinajstić information content (AvgIpc) is 2.31. The standard InChI is InChI=1S/C13H19F2NO/c1-3-6-10(16-4-2)9-17-12-8-5-7-11(14)13(12)15/h5,7-8,10,16H,3-4,6,9H2,1-2H3. The summed E-state index contributed by atoms with van der Waals surface area (Å²) in [6.45, 7) is 5.26. The highest BCUT2D eigenvalue weighted by Crippen LogP contribution is 2.19. The lowest BCUT2D eigenvalue weighted by Crippen LogP contribution is -2.34. The van der Waals surface area contributed by atoms with Crippen LogP contribution in [-0.4, -0.2) is 19.2 Å². The molecular weight excluding hydrogens is 224 g/mol. The normalized spacial score (nSPS) is 12.5. The molecule has 0 fully saturated rings. The van der Waals surface area contributed by atoms with Crippen LogP contribution in [0.5, 0.6) is 5.75 Å². The Hall–Kier alpha value is -1.16. The van der Waals surface area contributed by atoms with Crippen LogP contribution < -0.4 is 10.1 Å². The summed E-state index contributed by atoms with van der Waals surface area (Å²) in [5, 5.41) is 3.25. The van der Waals surface area contributed by atoms with E-state index in [2.05, 4.69) is 12.2 Å². The van der Waals surface area contributed by atoms with Crippen LogP contribution in [0.25, 0.3) is 0 Å². The van der Waals surface area contributed by atoms with E-state index in [1.165, 1.54) is 12.1 Å². The van der Waals surface area contributed by atoms with E-state index < -0.39 is 11.6 Å². The van der Waals surface area contributed by atoms with Crippen molar-refractivity contribution < 1.29 is 13.5 Å². The van der Waals surface area contributed by atoms with Crippen molar-refractivity contribution in [1.82, 2.24) is 5.32 Å². The molecule has 0 spiro atoms. The Morgan fingerprint density at radius 2 is 2.06 bits per heavy atom. The number of ether oxygens (including phenoxy) is 1. The fourth-order valence-electron chi connectivity index (χ4n) is 1.67. The minimum Gasteiger partial charge on any atom is -0.489 e. The minimum atomic E-state index is -0.917. The van der Waals surface area contributed by atoms with Crippen LogP contribution in [0.3, 0.4) is 0 Å². The second kappa shape index (κ2) is 7.22. The summed E-state index contributed by atoms with van der Waals surface area (Å²) in [6.07, 6.45) is 1.97. The van der Waals surface area contributed by atoms with Crippen LogP contribution in [0.15, 0.2) is 18.2 Å². The topological polar surface area (TPSA) is 21.3 Å². The Bertz CT molecular complexity index is 338. The third-order valence-corrected chi connectivity index (χ3v) is 2.49. The molecule has 17 heavy (non-hydrogen) atoms. The van der Waals surface area contributed by atoms with E-state index >= 15 is 0 Å². The molecule has 96 valence electrons. The van der Waals surface area contributed by atoms with Crippen molar-refractivity contribution in [2.75, 3.05) is 13.2 Å². The number of rotatable bonds is 7. The Morgan fingerprint density at radius 1 is 1.29 bits per heavy atom. The van der Waals surface area contributed by atoms with E-state index in [9.17, 15) is 8.78 Å².